The first-order chi connectivity index (χ1) is 13.7. The molecule has 2 heterocycles. The minimum atomic E-state index is -0.369. The normalized spacial score (nSPS) is 14.9. The van der Waals surface area contributed by atoms with Crippen molar-refractivity contribution in [1.29, 1.82) is 0 Å². The van der Waals surface area contributed by atoms with Crippen molar-refractivity contribution >= 4 is 11.6 Å². The highest BCUT2D eigenvalue weighted by Gasteiger charge is 2.15. The summed E-state index contributed by atoms with van der Waals surface area (Å²) in [6.07, 6.45) is 9.49. The van der Waals surface area contributed by atoms with Gasteiger partial charge in [0.15, 0.2) is 5.65 Å². The summed E-state index contributed by atoms with van der Waals surface area (Å²) in [5.74, 6) is 0.513. The number of carbonyl (C=O) groups is 1. The highest BCUT2D eigenvalue weighted by Crippen LogP contribution is 2.25. The molecule has 146 valence electrons. The Labute approximate surface area is 162 Å². The van der Waals surface area contributed by atoms with E-state index in [1.807, 2.05) is 0 Å². The quantitative estimate of drug-likeness (QED) is 0.705. The molecule has 6 nitrogen and oxygen atoms in total. The molecule has 1 aliphatic carbocycles. The molecule has 0 radical (unpaired) electrons. The molecule has 1 amide bonds. The average molecular weight is 382 g/mol. The number of nitrogens with zero attached hydrogens (tertiary/aromatic N) is 3. The average Bonchev–Trinajstić information content (AvgIpc) is 3.21. The second-order valence-electron chi connectivity index (χ2n) is 7.23. The number of aromatic nitrogens is 3. The van der Waals surface area contributed by atoms with E-state index in [2.05, 4.69) is 15.5 Å². The highest BCUT2D eigenvalue weighted by molar-refractivity contribution is 5.99. The van der Waals surface area contributed by atoms with Gasteiger partial charge in [0.05, 0.1) is 12.2 Å². The van der Waals surface area contributed by atoms with Crippen molar-refractivity contribution in [3.8, 4) is 5.75 Å². The first-order valence-electron chi connectivity index (χ1n) is 9.68. The predicted octanol–water partition coefficient (Wildman–Crippen LogP) is 3.76. The molecule has 28 heavy (non-hydrogen) atoms. The second-order valence-corrected chi connectivity index (χ2v) is 7.23. The van der Waals surface area contributed by atoms with Gasteiger partial charge in [-0.3, -0.25) is 9.20 Å². The lowest BCUT2D eigenvalue weighted by Gasteiger charge is -2.21. The maximum absolute atomic E-state index is 14.2. The summed E-state index contributed by atoms with van der Waals surface area (Å²) in [5, 5.41) is 10.5. The Hall–Kier alpha value is -2.96. The number of pyridine rings is 1. The Balaban J connectivity index is 1.40. The molecule has 1 aromatic carbocycles. The Bertz CT molecular complexity index is 966. The molecular weight excluding hydrogens is 359 g/mol. The number of ether oxygens (including phenoxy) is 1. The topological polar surface area (TPSA) is 68.5 Å². The zero-order valence-electron chi connectivity index (χ0n) is 15.6. The third-order valence-electron chi connectivity index (χ3n) is 5.24. The fourth-order valence-corrected chi connectivity index (χ4v) is 3.64. The summed E-state index contributed by atoms with van der Waals surface area (Å²) in [6, 6.07) is 8.10. The van der Waals surface area contributed by atoms with E-state index in [1.165, 1.54) is 44.5 Å². The van der Waals surface area contributed by atoms with Gasteiger partial charge in [-0.1, -0.05) is 19.3 Å². The number of halogens is 1. The Kier molecular flexibility index (Phi) is 5.50. The van der Waals surface area contributed by atoms with Gasteiger partial charge >= 0.3 is 0 Å². The van der Waals surface area contributed by atoms with Crippen molar-refractivity contribution < 1.29 is 13.9 Å². The maximum atomic E-state index is 14.2. The molecule has 1 saturated carbocycles. The van der Waals surface area contributed by atoms with Gasteiger partial charge in [-0.15, -0.1) is 10.2 Å². The lowest BCUT2D eigenvalue weighted by Crippen LogP contribution is -2.24. The van der Waals surface area contributed by atoms with E-state index in [4.69, 9.17) is 4.74 Å². The van der Waals surface area contributed by atoms with Crippen LogP contribution in [0.25, 0.3) is 5.65 Å². The molecule has 0 spiro atoms. The summed E-state index contributed by atoms with van der Waals surface area (Å²) in [6.45, 7) is 0.729. The minimum Gasteiger partial charge on any atom is -0.493 e. The van der Waals surface area contributed by atoms with Crippen LogP contribution in [0.5, 0.6) is 5.75 Å². The van der Waals surface area contributed by atoms with Crippen LogP contribution >= 0.6 is 0 Å². The maximum Gasteiger partial charge on any atom is 0.255 e. The van der Waals surface area contributed by atoms with E-state index < -0.39 is 0 Å². The molecular formula is C21H23FN4O2. The molecule has 0 atom stereocenters. The zero-order valence-corrected chi connectivity index (χ0v) is 15.6. The molecule has 3 aromatic rings. The largest absolute Gasteiger partial charge is 0.493 e. The summed E-state index contributed by atoms with van der Waals surface area (Å²) >= 11 is 0. The van der Waals surface area contributed by atoms with Crippen LogP contribution in [0.15, 0.2) is 42.9 Å². The van der Waals surface area contributed by atoms with Gasteiger partial charge in [-0.2, -0.15) is 0 Å². The summed E-state index contributed by atoms with van der Waals surface area (Å²) < 4.78 is 21.7. The van der Waals surface area contributed by atoms with E-state index in [1.54, 1.807) is 34.9 Å². The van der Waals surface area contributed by atoms with Crippen LogP contribution in [0.4, 0.5) is 4.39 Å². The van der Waals surface area contributed by atoms with E-state index in [0.717, 1.165) is 0 Å². The van der Waals surface area contributed by atoms with Crippen molar-refractivity contribution in [2.45, 2.75) is 38.6 Å². The molecule has 4 rings (SSSR count). The fraction of sp³-hybridized carbons (Fsp3) is 0.381. The summed E-state index contributed by atoms with van der Waals surface area (Å²) in [4.78, 5) is 12.5. The predicted molar refractivity (Wildman–Crippen MR) is 103 cm³/mol. The minimum absolute atomic E-state index is 0.0699. The molecule has 1 aliphatic rings. The first-order valence-corrected chi connectivity index (χ1v) is 9.68. The van der Waals surface area contributed by atoms with Crippen LogP contribution < -0.4 is 10.1 Å². The highest BCUT2D eigenvalue weighted by atomic mass is 19.1. The van der Waals surface area contributed by atoms with Crippen molar-refractivity contribution in [3.63, 3.8) is 0 Å². The molecule has 2 aromatic heterocycles. The van der Waals surface area contributed by atoms with Gasteiger partial charge in [-0.25, -0.2) is 4.39 Å². The third-order valence-corrected chi connectivity index (χ3v) is 5.24. The van der Waals surface area contributed by atoms with Gasteiger partial charge in [0.1, 0.15) is 17.9 Å². The molecule has 7 heteroatoms. The van der Waals surface area contributed by atoms with Crippen molar-refractivity contribution in [1.82, 2.24) is 19.9 Å². The number of rotatable bonds is 6. The Morgan fingerprint density at radius 2 is 2.11 bits per heavy atom. The van der Waals surface area contributed by atoms with Crippen LogP contribution in [0.3, 0.4) is 0 Å². The summed E-state index contributed by atoms with van der Waals surface area (Å²) in [5.41, 5.74) is 1.25. The monoisotopic (exact) mass is 382 g/mol. The van der Waals surface area contributed by atoms with Crippen LogP contribution in [0, 0.1) is 11.7 Å². The molecule has 0 bridgehead atoms. The number of fused-ring (bicyclic) bond motifs is 1. The van der Waals surface area contributed by atoms with Gasteiger partial charge in [0, 0.05) is 18.3 Å². The molecule has 0 aliphatic heterocycles. The van der Waals surface area contributed by atoms with Crippen molar-refractivity contribution in [2.24, 2.45) is 5.92 Å². The number of carbonyl (C=O) groups excluding carboxylic acids is 1. The lowest BCUT2D eigenvalue weighted by molar-refractivity contribution is 0.0951. The number of hydrogen-bond donors (Lipinski definition) is 1. The van der Waals surface area contributed by atoms with E-state index in [0.29, 0.717) is 35.0 Å². The molecule has 1 N–H and O–H groups in total. The van der Waals surface area contributed by atoms with Gasteiger partial charge in [-0.05, 0) is 49.1 Å². The van der Waals surface area contributed by atoms with Crippen LogP contribution in [-0.4, -0.2) is 27.1 Å². The Morgan fingerprint density at radius 3 is 2.96 bits per heavy atom. The van der Waals surface area contributed by atoms with E-state index in [-0.39, 0.29) is 18.3 Å². The SMILES string of the molecule is O=C(NCc1cc(OCC2CCCCC2)ccc1F)c1cccn2cnnc12. The van der Waals surface area contributed by atoms with Crippen molar-refractivity contribution in [3.05, 3.63) is 59.8 Å². The standard InChI is InChI=1S/C21H23FN4O2/c22-19-9-8-17(28-13-15-5-2-1-3-6-15)11-16(19)12-23-21(27)18-7-4-10-26-14-24-25-20(18)26/h4,7-11,14-15H,1-3,5-6,12-13H2,(H,23,27). The summed E-state index contributed by atoms with van der Waals surface area (Å²) in [7, 11) is 0. The lowest BCUT2D eigenvalue weighted by atomic mass is 9.90. The molecule has 0 saturated heterocycles. The van der Waals surface area contributed by atoms with Crippen LogP contribution in [-0.2, 0) is 6.54 Å². The van der Waals surface area contributed by atoms with E-state index >= 15 is 0 Å². The van der Waals surface area contributed by atoms with Crippen molar-refractivity contribution in [2.75, 3.05) is 6.61 Å². The zero-order chi connectivity index (χ0) is 19.3. The van der Waals surface area contributed by atoms with E-state index in [9.17, 15) is 9.18 Å². The fourth-order valence-electron chi connectivity index (χ4n) is 3.64. The molecule has 0 unspecified atom stereocenters. The van der Waals surface area contributed by atoms with Gasteiger partial charge in [0.2, 0.25) is 0 Å². The first kappa shape index (κ1) is 18.4. The number of hydrogen-bond acceptors (Lipinski definition) is 4. The smallest absolute Gasteiger partial charge is 0.255 e. The second kappa shape index (κ2) is 8.37. The van der Waals surface area contributed by atoms with Crippen LogP contribution in [0.1, 0.15) is 48.0 Å². The molecule has 1 fully saturated rings. The third kappa shape index (κ3) is 4.13. The number of benzene rings is 1. The number of nitrogens with one attached hydrogen (secondary N) is 1. The van der Waals surface area contributed by atoms with Crippen LogP contribution in [0.2, 0.25) is 0 Å². The number of amides is 1. The Morgan fingerprint density at radius 1 is 1.25 bits per heavy atom. The van der Waals surface area contributed by atoms with Gasteiger partial charge < -0.3 is 10.1 Å². The van der Waals surface area contributed by atoms with Gasteiger partial charge in [0.25, 0.3) is 5.91 Å².